The third-order valence-corrected chi connectivity index (χ3v) is 4.30. The van der Waals surface area contributed by atoms with E-state index in [0.29, 0.717) is 0 Å². The molecule has 0 radical (unpaired) electrons. The van der Waals surface area contributed by atoms with Gasteiger partial charge in [-0.2, -0.15) is 0 Å². The summed E-state index contributed by atoms with van der Waals surface area (Å²) in [5, 5.41) is 0. The molecule has 0 heterocycles. The minimum absolute atomic E-state index is 0.756. The van der Waals surface area contributed by atoms with E-state index in [1.54, 1.807) is 0 Å². The zero-order chi connectivity index (χ0) is 10.2. The van der Waals surface area contributed by atoms with Crippen LogP contribution >= 0.6 is 15.9 Å². The quantitative estimate of drug-likeness (QED) is 0.516. The summed E-state index contributed by atoms with van der Waals surface area (Å²) in [4.78, 5) is 0.756. The summed E-state index contributed by atoms with van der Waals surface area (Å²) in [7, 11) is 0. The normalized spacial score (nSPS) is 27.9. The largest absolute Gasteiger partial charge is 0.381 e. The predicted molar refractivity (Wildman–Crippen MR) is 65.0 cm³/mol. The Labute approximate surface area is 96.7 Å². The molecule has 1 fully saturated rings. The van der Waals surface area contributed by atoms with Crippen molar-refractivity contribution in [3.8, 4) is 0 Å². The molecule has 0 spiro atoms. The maximum absolute atomic E-state index is 5.60. The SMILES string of the molecule is CCCCOCCC1CCCCC1Br. The molecule has 1 saturated carbocycles. The zero-order valence-electron chi connectivity index (χ0n) is 9.30. The first-order valence-corrected chi connectivity index (χ1v) is 6.98. The lowest BCUT2D eigenvalue weighted by Crippen LogP contribution is -2.20. The van der Waals surface area contributed by atoms with Crippen LogP contribution in [0.3, 0.4) is 0 Å². The average Bonchev–Trinajstić information content (AvgIpc) is 2.20. The predicted octanol–water partition coefficient (Wildman–Crippen LogP) is 4.15. The molecule has 14 heavy (non-hydrogen) atoms. The highest BCUT2D eigenvalue weighted by Crippen LogP contribution is 2.31. The van der Waals surface area contributed by atoms with E-state index in [-0.39, 0.29) is 0 Å². The molecule has 0 N–H and O–H groups in total. The molecule has 1 nitrogen and oxygen atoms in total. The number of unbranched alkanes of at least 4 members (excludes halogenated alkanes) is 1. The first-order valence-electron chi connectivity index (χ1n) is 6.06. The Morgan fingerprint density at radius 1 is 1.21 bits per heavy atom. The molecule has 2 heteroatoms. The Kier molecular flexibility index (Phi) is 6.88. The third kappa shape index (κ3) is 4.79. The molecule has 0 saturated heterocycles. The molecule has 0 aromatic carbocycles. The van der Waals surface area contributed by atoms with E-state index < -0.39 is 0 Å². The van der Waals surface area contributed by atoms with Gasteiger partial charge in [0.1, 0.15) is 0 Å². The van der Waals surface area contributed by atoms with E-state index in [9.17, 15) is 0 Å². The van der Waals surface area contributed by atoms with Crippen molar-refractivity contribution in [1.82, 2.24) is 0 Å². The average molecular weight is 263 g/mol. The topological polar surface area (TPSA) is 9.23 Å². The van der Waals surface area contributed by atoms with Gasteiger partial charge < -0.3 is 4.74 Å². The Bertz CT molecular complexity index is 138. The van der Waals surface area contributed by atoms with Gasteiger partial charge in [-0.25, -0.2) is 0 Å². The van der Waals surface area contributed by atoms with E-state index >= 15 is 0 Å². The summed E-state index contributed by atoms with van der Waals surface area (Å²) < 4.78 is 5.60. The van der Waals surface area contributed by atoms with Crippen LogP contribution in [0.25, 0.3) is 0 Å². The number of hydrogen-bond acceptors (Lipinski definition) is 1. The van der Waals surface area contributed by atoms with Crippen LogP contribution in [0.1, 0.15) is 51.9 Å². The maximum Gasteiger partial charge on any atom is 0.0469 e. The summed E-state index contributed by atoms with van der Waals surface area (Å²) in [6.45, 7) is 4.13. The van der Waals surface area contributed by atoms with Gasteiger partial charge in [-0.3, -0.25) is 0 Å². The van der Waals surface area contributed by atoms with Crippen molar-refractivity contribution in [3.05, 3.63) is 0 Å². The molecule has 0 bridgehead atoms. The van der Waals surface area contributed by atoms with E-state index in [4.69, 9.17) is 4.74 Å². The van der Waals surface area contributed by atoms with E-state index in [1.165, 1.54) is 44.9 Å². The van der Waals surface area contributed by atoms with Crippen molar-refractivity contribution in [2.24, 2.45) is 5.92 Å². The van der Waals surface area contributed by atoms with Gasteiger partial charge in [0, 0.05) is 18.0 Å². The van der Waals surface area contributed by atoms with Gasteiger partial charge in [0.05, 0.1) is 0 Å². The fourth-order valence-electron chi connectivity index (χ4n) is 2.07. The van der Waals surface area contributed by atoms with Gasteiger partial charge in [-0.15, -0.1) is 0 Å². The summed E-state index contributed by atoms with van der Waals surface area (Å²) >= 11 is 3.78. The molecule has 84 valence electrons. The lowest BCUT2D eigenvalue weighted by molar-refractivity contribution is 0.113. The van der Waals surface area contributed by atoms with Crippen LogP contribution in [-0.2, 0) is 4.74 Å². The monoisotopic (exact) mass is 262 g/mol. The van der Waals surface area contributed by atoms with Crippen molar-refractivity contribution in [3.63, 3.8) is 0 Å². The second-order valence-electron chi connectivity index (χ2n) is 4.32. The Morgan fingerprint density at radius 2 is 2.00 bits per heavy atom. The second kappa shape index (κ2) is 7.70. The van der Waals surface area contributed by atoms with Crippen LogP contribution in [0, 0.1) is 5.92 Å². The molecule has 0 aromatic rings. The number of hydrogen-bond donors (Lipinski definition) is 0. The Balaban J connectivity index is 1.99. The first-order chi connectivity index (χ1) is 6.84. The highest BCUT2D eigenvalue weighted by atomic mass is 79.9. The maximum atomic E-state index is 5.60. The fourth-order valence-corrected chi connectivity index (χ4v) is 2.92. The van der Waals surface area contributed by atoms with Gasteiger partial charge >= 0.3 is 0 Å². The van der Waals surface area contributed by atoms with E-state index in [2.05, 4.69) is 22.9 Å². The molecule has 1 rings (SSSR count). The molecular weight excluding hydrogens is 240 g/mol. The van der Waals surface area contributed by atoms with Crippen LogP contribution in [0.2, 0.25) is 0 Å². The second-order valence-corrected chi connectivity index (χ2v) is 5.49. The van der Waals surface area contributed by atoms with E-state index in [1.807, 2.05) is 0 Å². The number of alkyl halides is 1. The first kappa shape index (κ1) is 12.5. The van der Waals surface area contributed by atoms with Crippen LogP contribution in [0.15, 0.2) is 0 Å². The molecule has 2 unspecified atom stereocenters. The van der Waals surface area contributed by atoms with Gasteiger partial charge in [0.15, 0.2) is 0 Å². The number of ether oxygens (including phenoxy) is 1. The van der Waals surface area contributed by atoms with Crippen molar-refractivity contribution >= 4 is 15.9 Å². The minimum Gasteiger partial charge on any atom is -0.381 e. The standard InChI is InChI=1S/C12H23BrO/c1-2-3-9-14-10-8-11-6-4-5-7-12(11)13/h11-12H,2-10H2,1H3. The molecule has 0 aromatic heterocycles. The van der Waals surface area contributed by atoms with Gasteiger partial charge in [0.2, 0.25) is 0 Å². The molecule has 0 amide bonds. The smallest absolute Gasteiger partial charge is 0.0469 e. The molecule has 1 aliphatic carbocycles. The highest BCUT2D eigenvalue weighted by molar-refractivity contribution is 9.09. The lowest BCUT2D eigenvalue weighted by Gasteiger charge is -2.27. The summed E-state index contributed by atoms with van der Waals surface area (Å²) in [5.41, 5.74) is 0. The summed E-state index contributed by atoms with van der Waals surface area (Å²) in [5.74, 6) is 0.866. The molecular formula is C12H23BrO. The lowest BCUT2D eigenvalue weighted by atomic mass is 9.87. The fraction of sp³-hybridized carbons (Fsp3) is 1.00. The highest BCUT2D eigenvalue weighted by Gasteiger charge is 2.21. The summed E-state index contributed by atoms with van der Waals surface area (Å²) in [6, 6.07) is 0. The zero-order valence-corrected chi connectivity index (χ0v) is 10.9. The number of halogens is 1. The van der Waals surface area contributed by atoms with Crippen molar-refractivity contribution in [2.45, 2.75) is 56.7 Å². The molecule has 2 atom stereocenters. The molecule has 0 aliphatic heterocycles. The Morgan fingerprint density at radius 3 is 2.71 bits per heavy atom. The van der Waals surface area contributed by atoms with Crippen LogP contribution in [0.4, 0.5) is 0 Å². The third-order valence-electron chi connectivity index (χ3n) is 3.09. The van der Waals surface area contributed by atoms with Gasteiger partial charge in [-0.1, -0.05) is 42.1 Å². The van der Waals surface area contributed by atoms with E-state index in [0.717, 1.165) is 24.0 Å². The van der Waals surface area contributed by atoms with Crippen molar-refractivity contribution in [2.75, 3.05) is 13.2 Å². The van der Waals surface area contributed by atoms with Crippen LogP contribution in [-0.4, -0.2) is 18.0 Å². The van der Waals surface area contributed by atoms with Crippen molar-refractivity contribution < 1.29 is 4.74 Å². The number of rotatable bonds is 6. The van der Waals surface area contributed by atoms with Crippen LogP contribution in [0.5, 0.6) is 0 Å². The summed E-state index contributed by atoms with van der Waals surface area (Å²) in [6.07, 6.45) is 9.28. The minimum atomic E-state index is 0.756. The van der Waals surface area contributed by atoms with Gasteiger partial charge in [-0.05, 0) is 31.6 Å². The Hall–Kier alpha value is 0.440. The molecule has 1 aliphatic rings. The van der Waals surface area contributed by atoms with Gasteiger partial charge in [0.25, 0.3) is 0 Å². The van der Waals surface area contributed by atoms with Crippen molar-refractivity contribution in [1.29, 1.82) is 0 Å². The van der Waals surface area contributed by atoms with Crippen LogP contribution < -0.4 is 0 Å².